The molecule has 4 heteroatoms. The Labute approximate surface area is 50.9 Å². The molecule has 0 rings (SSSR count). The van der Waals surface area contributed by atoms with Crippen LogP contribution in [0.15, 0.2) is 11.2 Å². The highest BCUT2D eigenvalue weighted by Crippen LogP contribution is 1.91. The van der Waals surface area contributed by atoms with Crippen LogP contribution in [0.5, 0.6) is 0 Å². The molecule has 40 valence electrons. The number of carbonyl (C=O) groups excluding carboxylic acids is 1. The van der Waals surface area contributed by atoms with Gasteiger partial charge >= 0.3 is 0 Å². The van der Waals surface area contributed by atoms with Crippen molar-refractivity contribution in [3.63, 3.8) is 0 Å². The smallest absolute Gasteiger partial charge is 0.248 e. The summed E-state index contributed by atoms with van der Waals surface area (Å²) >= 11 is 9.80. The molecule has 0 heterocycles. The SMILES string of the molecule is N/C(Cl)=C\C(=O)Cl. The molecular formula is C3H3Cl2NO. The molecule has 0 bridgehead atoms. The van der Waals surface area contributed by atoms with Crippen LogP contribution in [0.3, 0.4) is 0 Å². The number of hydrogen-bond donors (Lipinski definition) is 1. The zero-order chi connectivity index (χ0) is 5.86. The van der Waals surface area contributed by atoms with Gasteiger partial charge in [0.05, 0.1) is 0 Å². The fourth-order valence-electron chi connectivity index (χ4n) is 0.108. The Balaban J connectivity index is 3.68. The van der Waals surface area contributed by atoms with Crippen LogP contribution in [0.4, 0.5) is 0 Å². The first-order valence-electron chi connectivity index (χ1n) is 1.45. The van der Waals surface area contributed by atoms with Crippen molar-refractivity contribution in [1.82, 2.24) is 0 Å². The van der Waals surface area contributed by atoms with E-state index in [2.05, 4.69) is 0 Å². The van der Waals surface area contributed by atoms with E-state index in [0.717, 1.165) is 6.08 Å². The highest BCUT2D eigenvalue weighted by molar-refractivity contribution is 6.67. The minimum atomic E-state index is -0.660. The number of carbonyl (C=O) groups is 1. The van der Waals surface area contributed by atoms with Gasteiger partial charge in [-0.25, -0.2) is 0 Å². The summed E-state index contributed by atoms with van der Waals surface area (Å²) in [6, 6.07) is 0. The Bertz CT molecular complexity index is 106. The number of rotatable bonds is 1. The van der Waals surface area contributed by atoms with E-state index in [0.29, 0.717) is 0 Å². The second-order valence-electron chi connectivity index (χ2n) is 0.833. The minimum absolute atomic E-state index is 0.0972. The van der Waals surface area contributed by atoms with Gasteiger partial charge in [0.1, 0.15) is 5.16 Å². The summed E-state index contributed by atoms with van der Waals surface area (Å²) in [5.74, 6) is 0. The van der Waals surface area contributed by atoms with Gasteiger partial charge in [0.2, 0.25) is 5.24 Å². The van der Waals surface area contributed by atoms with Crippen molar-refractivity contribution in [3.05, 3.63) is 11.2 Å². The molecular weight excluding hydrogens is 137 g/mol. The first kappa shape index (κ1) is 6.79. The summed E-state index contributed by atoms with van der Waals surface area (Å²) in [7, 11) is 0. The van der Waals surface area contributed by atoms with Gasteiger partial charge in [-0.2, -0.15) is 0 Å². The summed E-state index contributed by atoms with van der Waals surface area (Å²) in [5.41, 5.74) is 4.81. The van der Waals surface area contributed by atoms with Gasteiger partial charge in [0.15, 0.2) is 0 Å². The van der Waals surface area contributed by atoms with Gasteiger partial charge in [-0.3, -0.25) is 4.79 Å². The van der Waals surface area contributed by atoms with Gasteiger partial charge in [0, 0.05) is 6.08 Å². The van der Waals surface area contributed by atoms with Crippen LogP contribution in [-0.4, -0.2) is 5.24 Å². The van der Waals surface area contributed by atoms with Crippen LogP contribution in [0.1, 0.15) is 0 Å². The first-order chi connectivity index (χ1) is 3.13. The Morgan fingerprint density at radius 2 is 2.00 bits per heavy atom. The normalized spacial score (nSPS) is 11.4. The lowest BCUT2D eigenvalue weighted by molar-refractivity contribution is -0.107. The first-order valence-corrected chi connectivity index (χ1v) is 2.20. The van der Waals surface area contributed by atoms with E-state index in [4.69, 9.17) is 28.9 Å². The summed E-state index contributed by atoms with van der Waals surface area (Å²) in [4.78, 5) is 9.78. The number of hydrogen-bond acceptors (Lipinski definition) is 2. The maximum atomic E-state index is 9.78. The number of allylic oxidation sites excluding steroid dienone is 1. The summed E-state index contributed by atoms with van der Waals surface area (Å²) in [6.45, 7) is 0. The van der Waals surface area contributed by atoms with Gasteiger partial charge in [-0.05, 0) is 11.6 Å². The predicted molar refractivity (Wildman–Crippen MR) is 29.0 cm³/mol. The van der Waals surface area contributed by atoms with Crippen LogP contribution in [0.25, 0.3) is 0 Å². The Hall–Kier alpha value is -0.210. The topological polar surface area (TPSA) is 43.1 Å². The van der Waals surface area contributed by atoms with Crippen LogP contribution in [0, 0.1) is 0 Å². The summed E-state index contributed by atoms with van der Waals surface area (Å²) in [6.07, 6.45) is 0.920. The summed E-state index contributed by atoms with van der Waals surface area (Å²) < 4.78 is 0. The Kier molecular flexibility index (Phi) is 2.79. The maximum absolute atomic E-state index is 9.78. The Morgan fingerprint density at radius 1 is 1.57 bits per heavy atom. The Morgan fingerprint density at radius 3 is 2.00 bits per heavy atom. The molecule has 0 aliphatic carbocycles. The molecule has 0 radical (unpaired) electrons. The average Bonchev–Trinajstić information content (AvgIpc) is 1.27. The monoisotopic (exact) mass is 139 g/mol. The van der Waals surface area contributed by atoms with Gasteiger partial charge < -0.3 is 5.73 Å². The van der Waals surface area contributed by atoms with Crippen LogP contribution < -0.4 is 5.73 Å². The third-order valence-electron chi connectivity index (χ3n) is 0.251. The maximum Gasteiger partial charge on any atom is 0.248 e. The lowest BCUT2D eigenvalue weighted by atomic mass is 10.7. The lowest BCUT2D eigenvalue weighted by Gasteiger charge is -1.77. The third-order valence-corrected chi connectivity index (χ3v) is 0.470. The second-order valence-corrected chi connectivity index (χ2v) is 1.64. The van der Waals surface area contributed by atoms with Gasteiger partial charge in [0.25, 0.3) is 0 Å². The predicted octanol–water partition coefficient (Wildman–Crippen LogP) is 0.791. The van der Waals surface area contributed by atoms with E-state index in [9.17, 15) is 4.79 Å². The van der Waals surface area contributed by atoms with E-state index in [1.54, 1.807) is 0 Å². The molecule has 0 unspecified atom stereocenters. The van der Waals surface area contributed by atoms with Crippen molar-refractivity contribution in [1.29, 1.82) is 0 Å². The molecule has 0 aliphatic rings. The molecule has 7 heavy (non-hydrogen) atoms. The van der Waals surface area contributed by atoms with E-state index in [1.165, 1.54) is 0 Å². The standard InChI is InChI=1S/C3H3Cl2NO/c4-2(6)1-3(5)7/h1H,6H2/b2-1-. The van der Waals surface area contributed by atoms with Gasteiger partial charge in [-0.15, -0.1) is 0 Å². The van der Waals surface area contributed by atoms with Crippen LogP contribution in [-0.2, 0) is 4.79 Å². The van der Waals surface area contributed by atoms with E-state index in [-0.39, 0.29) is 5.16 Å². The molecule has 0 amide bonds. The third kappa shape index (κ3) is 5.79. The molecule has 2 N–H and O–H groups in total. The zero-order valence-electron chi connectivity index (χ0n) is 3.32. The molecule has 0 aromatic rings. The highest BCUT2D eigenvalue weighted by Gasteiger charge is 1.86. The summed E-state index contributed by atoms with van der Waals surface area (Å²) in [5, 5.41) is -0.757. The van der Waals surface area contributed by atoms with E-state index in [1.807, 2.05) is 0 Å². The fourth-order valence-corrected chi connectivity index (χ4v) is 0.381. The molecule has 0 spiro atoms. The van der Waals surface area contributed by atoms with E-state index < -0.39 is 5.24 Å². The number of halogens is 2. The lowest BCUT2D eigenvalue weighted by Crippen LogP contribution is -1.89. The van der Waals surface area contributed by atoms with Crippen molar-refractivity contribution in [3.8, 4) is 0 Å². The van der Waals surface area contributed by atoms with E-state index >= 15 is 0 Å². The van der Waals surface area contributed by atoms with Crippen molar-refractivity contribution >= 4 is 28.4 Å². The average molecular weight is 140 g/mol. The van der Waals surface area contributed by atoms with Crippen LogP contribution >= 0.6 is 23.2 Å². The quantitative estimate of drug-likeness (QED) is 0.332. The molecule has 0 aromatic heterocycles. The van der Waals surface area contributed by atoms with Crippen LogP contribution in [0.2, 0.25) is 0 Å². The molecule has 0 aromatic carbocycles. The fraction of sp³-hybridized carbons (Fsp3) is 0. The second kappa shape index (κ2) is 2.88. The highest BCUT2D eigenvalue weighted by atomic mass is 35.5. The zero-order valence-corrected chi connectivity index (χ0v) is 4.83. The molecule has 0 aliphatic heterocycles. The van der Waals surface area contributed by atoms with Crippen molar-refractivity contribution in [2.24, 2.45) is 5.73 Å². The molecule has 0 atom stereocenters. The van der Waals surface area contributed by atoms with Crippen molar-refractivity contribution in [2.45, 2.75) is 0 Å². The molecule has 0 saturated carbocycles. The van der Waals surface area contributed by atoms with Crippen molar-refractivity contribution in [2.75, 3.05) is 0 Å². The molecule has 0 saturated heterocycles. The van der Waals surface area contributed by atoms with Gasteiger partial charge in [-0.1, -0.05) is 11.6 Å². The molecule has 0 fully saturated rings. The minimum Gasteiger partial charge on any atom is -0.389 e. The largest absolute Gasteiger partial charge is 0.389 e. The number of nitrogens with two attached hydrogens (primary N) is 1. The molecule has 2 nitrogen and oxygen atoms in total. The van der Waals surface area contributed by atoms with Crippen molar-refractivity contribution < 1.29 is 4.79 Å².